The van der Waals surface area contributed by atoms with Crippen LogP contribution in [0, 0.1) is 17.3 Å². The molecular weight excluding hydrogens is 445 g/mol. The van der Waals surface area contributed by atoms with Crippen LogP contribution in [0.1, 0.15) is 44.1 Å². The summed E-state index contributed by atoms with van der Waals surface area (Å²) in [6.45, 7) is 2.33. The van der Waals surface area contributed by atoms with E-state index in [0.717, 1.165) is 25.3 Å². The SMILES string of the molecule is O=C(N1CCN(c2cccc(C(F)(F)F)c2)CC1)C12CC3CC(CC(Br)(C3)C1)C2. The molecule has 1 heterocycles. The second kappa shape index (κ2) is 6.63. The molecule has 2 atom stereocenters. The summed E-state index contributed by atoms with van der Waals surface area (Å²) in [6.07, 6.45) is 2.31. The Bertz CT molecular complexity index is 805. The van der Waals surface area contributed by atoms with Crippen molar-refractivity contribution in [2.75, 3.05) is 31.1 Å². The van der Waals surface area contributed by atoms with E-state index in [1.54, 1.807) is 6.07 Å². The Hall–Kier alpha value is -1.24. The number of hydrogen-bond donors (Lipinski definition) is 0. The van der Waals surface area contributed by atoms with Gasteiger partial charge in [0.25, 0.3) is 0 Å². The van der Waals surface area contributed by atoms with Gasteiger partial charge in [0.2, 0.25) is 5.91 Å². The van der Waals surface area contributed by atoms with Crippen molar-refractivity contribution in [1.29, 1.82) is 0 Å². The average molecular weight is 471 g/mol. The van der Waals surface area contributed by atoms with Crippen molar-refractivity contribution < 1.29 is 18.0 Å². The van der Waals surface area contributed by atoms with E-state index in [1.807, 2.05) is 9.80 Å². The van der Waals surface area contributed by atoms with E-state index in [2.05, 4.69) is 15.9 Å². The molecule has 5 aliphatic rings. The summed E-state index contributed by atoms with van der Waals surface area (Å²) in [7, 11) is 0. The maximum atomic E-state index is 13.6. The van der Waals surface area contributed by atoms with Crippen LogP contribution in [0.2, 0.25) is 0 Å². The molecule has 29 heavy (non-hydrogen) atoms. The number of rotatable bonds is 2. The normalized spacial score (nSPS) is 36.6. The van der Waals surface area contributed by atoms with E-state index >= 15 is 0 Å². The molecule has 6 rings (SSSR count). The van der Waals surface area contributed by atoms with Crippen LogP contribution in [0.3, 0.4) is 0 Å². The molecule has 4 bridgehead atoms. The molecule has 0 spiro atoms. The number of amides is 1. The van der Waals surface area contributed by atoms with Crippen molar-refractivity contribution in [2.45, 2.75) is 49.0 Å². The maximum absolute atomic E-state index is 13.6. The first-order valence-electron chi connectivity index (χ1n) is 10.6. The lowest BCUT2D eigenvalue weighted by Crippen LogP contribution is -2.61. The number of hydrogen-bond acceptors (Lipinski definition) is 2. The number of benzene rings is 1. The number of piperazine rings is 1. The van der Waals surface area contributed by atoms with Crippen molar-refractivity contribution in [3.63, 3.8) is 0 Å². The molecule has 158 valence electrons. The Morgan fingerprint density at radius 3 is 2.28 bits per heavy atom. The second-order valence-corrected chi connectivity index (χ2v) is 11.4. The molecular formula is C22H26BrF3N2O. The highest BCUT2D eigenvalue weighted by Gasteiger charge is 2.60. The van der Waals surface area contributed by atoms with Gasteiger partial charge in [0.15, 0.2) is 0 Å². The van der Waals surface area contributed by atoms with Gasteiger partial charge in [-0.05, 0) is 68.6 Å². The molecule has 7 heteroatoms. The Labute approximate surface area is 177 Å². The fourth-order valence-corrected chi connectivity index (χ4v) is 8.24. The van der Waals surface area contributed by atoms with Crippen molar-refractivity contribution >= 4 is 27.5 Å². The fourth-order valence-electron chi connectivity index (χ4n) is 6.78. The zero-order chi connectivity index (χ0) is 20.4. The summed E-state index contributed by atoms with van der Waals surface area (Å²) in [6, 6.07) is 5.50. The lowest BCUT2D eigenvalue weighted by atomic mass is 9.49. The third-order valence-electron chi connectivity index (χ3n) is 7.55. The van der Waals surface area contributed by atoms with E-state index in [-0.39, 0.29) is 9.74 Å². The minimum Gasteiger partial charge on any atom is -0.368 e. The molecule has 3 nitrogen and oxygen atoms in total. The Balaban J connectivity index is 1.27. The molecule has 0 aromatic heterocycles. The van der Waals surface area contributed by atoms with Crippen LogP contribution in [0.5, 0.6) is 0 Å². The number of carbonyl (C=O) groups is 1. The summed E-state index contributed by atoms with van der Waals surface area (Å²) in [5, 5.41) is 0. The van der Waals surface area contributed by atoms with Gasteiger partial charge >= 0.3 is 6.18 Å². The Morgan fingerprint density at radius 1 is 1.03 bits per heavy atom. The first-order chi connectivity index (χ1) is 13.7. The van der Waals surface area contributed by atoms with Crippen LogP contribution in [0.4, 0.5) is 18.9 Å². The second-order valence-electron chi connectivity index (χ2n) is 9.72. The topological polar surface area (TPSA) is 23.6 Å². The molecule has 1 saturated heterocycles. The summed E-state index contributed by atoms with van der Waals surface area (Å²) in [5.41, 5.74) is -0.253. The summed E-state index contributed by atoms with van der Waals surface area (Å²) < 4.78 is 39.2. The summed E-state index contributed by atoms with van der Waals surface area (Å²) in [4.78, 5) is 17.5. The molecule has 5 fully saturated rings. The molecule has 4 aliphatic carbocycles. The van der Waals surface area contributed by atoms with Crippen LogP contribution in [-0.4, -0.2) is 41.3 Å². The highest BCUT2D eigenvalue weighted by atomic mass is 79.9. The van der Waals surface area contributed by atoms with E-state index in [9.17, 15) is 18.0 Å². The highest BCUT2D eigenvalue weighted by molar-refractivity contribution is 9.10. The first-order valence-corrected chi connectivity index (χ1v) is 11.4. The van der Waals surface area contributed by atoms with Crippen LogP contribution in [-0.2, 0) is 11.0 Å². The minimum absolute atomic E-state index is 0.145. The van der Waals surface area contributed by atoms with Gasteiger partial charge in [0.05, 0.1) is 11.0 Å². The van der Waals surface area contributed by atoms with E-state index < -0.39 is 11.7 Å². The van der Waals surface area contributed by atoms with Gasteiger partial charge in [-0.2, -0.15) is 13.2 Å². The standard InChI is InChI=1S/C22H26BrF3N2O/c23-21-12-15-8-16(13-21)11-20(10-15,14-21)19(29)28-6-4-27(5-7-28)18-3-1-2-17(9-18)22(24,25)26/h1-3,9,15-16H,4-8,10-14H2. The van der Waals surface area contributed by atoms with Crippen LogP contribution >= 0.6 is 15.9 Å². The summed E-state index contributed by atoms with van der Waals surface area (Å²) >= 11 is 3.98. The first kappa shape index (κ1) is 19.7. The van der Waals surface area contributed by atoms with Gasteiger partial charge in [0, 0.05) is 36.2 Å². The molecule has 1 aromatic rings. The lowest BCUT2D eigenvalue weighted by molar-refractivity contribution is -0.155. The van der Waals surface area contributed by atoms with Crippen molar-refractivity contribution in [1.82, 2.24) is 4.90 Å². The summed E-state index contributed by atoms with van der Waals surface area (Å²) in [5.74, 6) is 1.61. The Morgan fingerprint density at radius 2 is 1.69 bits per heavy atom. The largest absolute Gasteiger partial charge is 0.416 e. The van der Waals surface area contributed by atoms with Crippen LogP contribution < -0.4 is 4.90 Å². The monoisotopic (exact) mass is 470 g/mol. The number of alkyl halides is 4. The third-order valence-corrected chi connectivity index (χ3v) is 8.48. The van der Waals surface area contributed by atoms with E-state index in [4.69, 9.17) is 0 Å². The molecule has 0 radical (unpaired) electrons. The average Bonchev–Trinajstić information content (AvgIpc) is 2.65. The molecule has 2 unspecified atom stereocenters. The lowest BCUT2D eigenvalue weighted by Gasteiger charge is -2.60. The Kier molecular flexibility index (Phi) is 4.50. The number of nitrogens with zero attached hydrogens (tertiary/aromatic N) is 2. The van der Waals surface area contributed by atoms with Crippen molar-refractivity contribution in [3.8, 4) is 0 Å². The molecule has 1 aliphatic heterocycles. The molecule has 1 aromatic carbocycles. The highest BCUT2D eigenvalue weighted by Crippen LogP contribution is 2.64. The smallest absolute Gasteiger partial charge is 0.368 e. The zero-order valence-corrected chi connectivity index (χ0v) is 17.9. The fraction of sp³-hybridized carbons (Fsp3) is 0.682. The predicted molar refractivity (Wildman–Crippen MR) is 109 cm³/mol. The van der Waals surface area contributed by atoms with Gasteiger partial charge in [-0.25, -0.2) is 0 Å². The van der Waals surface area contributed by atoms with Crippen molar-refractivity contribution in [3.05, 3.63) is 29.8 Å². The third kappa shape index (κ3) is 3.47. The van der Waals surface area contributed by atoms with Gasteiger partial charge in [-0.15, -0.1) is 0 Å². The van der Waals surface area contributed by atoms with Gasteiger partial charge in [0.1, 0.15) is 0 Å². The zero-order valence-electron chi connectivity index (χ0n) is 16.3. The molecule has 1 amide bonds. The molecule has 4 saturated carbocycles. The number of carbonyl (C=O) groups excluding carboxylic acids is 1. The van der Waals surface area contributed by atoms with Gasteiger partial charge < -0.3 is 9.80 Å². The minimum atomic E-state index is -4.34. The van der Waals surface area contributed by atoms with E-state index in [1.165, 1.54) is 31.4 Å². The van der Waals surface area contributed by atoms with Gasteiger partial charge in [-0.3, -0.25) is 4.79 Å². The number of halogens is 4. The van der Waals surface area contributed by atoms with E-state index in [0.29, 0.717) is 49.6 Å². The molecule has 0 N–H and O–H groups in total. The predicted octanol–water partition coefficient (Wildman–Crippen LogP) is 5.09. The van der Waals surface area contributed by atoms with Crippen LogP contribution in [0.25, 0.3) is 0 Å². The van der Waals surface area contributed by atoms with Crippen molar-refractivity contribution in [2.24, 2.45) is 17.3 Å². The maximum Gasteiger partial charge on any atom is 0.416 e. The number of anilines is 1. The quantitative estimate of drug-likeness (QED) is 0.562. The van der Waals surface area contributed by atoms with Gasteiger partial charge in [-0.1, -0.05) is 22.0 Å². The van der Waals surface area contributed by atoms with Crippen LogP contribution in [0.15, 0.2) is 24.3 Å².